The summed E-state index contributed by atoms with van der Waals surface area (Å²) in [5.41, 5.74) is 0.494. The summed E-state index contributed by atoms with van der Waals surface area (Å²) in [4.78, 5) is 12.3. The number of rotatable bonds is 4. The summed E-state index contributed by atoms with van der Waals surface area (Å²) < 4.78 is 26.6. The van der Waals surface area contributed by atoms with Crippen molar-refractivity contribution in [2.45, 2.75) is 17.7 Å². The number of sulfonamides is 1. The van der Waals surface area contributed by atoms with Crippen LogP contribution in [-0.2, 0) is 10.0 Å². The topological polar surface area (TPSA) is 86.7 Å². The van der Waals surface area contributed by atoms with Crippen molar-refractivity contribution in [2.75, 3.05) is 18.4 Å². The molecule has 126 valence electrons. The number of nitrogens with one attached hydrogen (secondary N) is 1. The van der Waals surface area contributed by atoms with Crippen LogP contribution in [0.1, 0.15) is 23.2 Å². The standard InChI is InChI=1S/C17H18N2O4S/c20-16-9-8-14(24(22,23)19-10-4-5-11-19)12-15(16)18-17(21)13-6-2-1-3-7-13/h1-3,6-9,12,20H,4-5,10-11H2,(H,18,21). The zero-order chi connectivity index (χ0) is 17.2. The van der Waals surface area contributed by atoms with Crippen LogP contribution in [0.25, 0.3) is 0 Å². The lowest BCUT2D eigenvalue weighted by atomic mass is 10.2. The fourth-order valence-electron chi connectivity index (χ4n) is 2.64. The van der Waals surface area contributed by atoms with E-state index in [9.17, 15) is 18.3 Å². The van der Waals surface area contributed by atoms with Crippen molar-refractivity contribution in [3.63, 3.8) is 0 Å². The number of carbonyl (C=O) groups excluding carboxylic acids is 1. The highest BCUT2D eigenvalue weighted by Gasteiger charge is 2.27. The van der Waals surface area contributed by atoms with Gasteiger partial charge in [-0.05, 0) is 43.2 Å². The molecule has 0 saturated carbocycles. The fraction of sp³-hybridized carbons (Fsp3) is 0.235. The SMILES string of the molecule is O=C(Nc1cc(S(=O)(=O)N2CCCC2)ccc1O)c1ccccc1. The van der Waals surface area contributed by atoms with Crippen molar-refractivity contribution in [3.8, 4) is 5.75 Å². The molecule has 1 saturated heterocycles. The zero-order valence-corrected chi connectivity index (χ0v) is 13.8. The second kappa shape index (κ2) is 6.62. The van der Waals surface area contributed by atoms with Gasteiger partial charge in [-0.1, -0.05) is 18.2 Å². The van der Waals surface area contributed by atoms with Gasteiger partial charge < -0.3 is 10.4 Å². The molecule has 7 heteroatoms. The van der Waals surface area contributed by atoms with Gasteiger partial charge in [0.25, 0.3) is 5.91 Å². The Bertz CT molecular complexity index is 844. The van der Waals surface area contributed by atoms with Crippen molar-refractivity contribution >= 4 is 21.6 Å². The Morgan fingerprint density at radius 1 is 1.04 bits per heavy atom. The molecule has 3 rings (SSSR count). The van der Waals surface area contributed by atoms with Gasteiger partial charge >= 0.3 is 0 Å². The molecule has 1 heterocycles. The molecule has 2 aromatic rings. The van der Waals surface area contributed by atoms with Crippen LogP contribution >= 0.6 is 0 Å². The van der Waals surface area contributed by atoms with Gasteiger partial charge in [-0.15, -0.1) is 0 Å². The van der Waals surface area contributed by atoms with Crippen LogP contribution < -0.4 is 5.32 Å². The van der Waals surface area contributed by atoms with Gasteiger partial charge in [-0.2, -0.15) is 4.31 Å². The summed E-state index contributed by atoms with van der Waals surface area (Å²) in [6, 6.07) is 12.4. The highest BCUT2D eigenvalue weighted by Crippen LogP contribution is 2.29. The highest BCUT2D eigenvalue weighted by atomic mass is 32.2. The minimum Gasteiger partial charge on any atom is -0.506 e. The molecule has 0 aromatic heterocycles. The average Bonchev–Trinajstić information content (AvgIpc) is 3.13. The number of phenolic OH excluding ortho intramolecular Hbond substituents is 1. The highest BCUT2D eigenvalue weighted by molar-refractivity contribution is 7.89. The number of carbonyl (C=O) groups is 1. The van der Waals surface area contributed by atoms with E-state index < -0.39 is 15.9 Å². The number of benzene rings is 2. The third-order valence-corrected chi connectivity index (χ3v) is 5.85. The first-order valence-corrected chi connectivity index (χ1v) is 9.12. The predicted octanol–water partition coefficient (Wildman–Crippen LogP) is 2.43. The summed E-state index contributed by atoms with van der Waals surface area (Å²) in [5.74, 6) is -0.596. The molecule has 1 aliphatic heterocycles. The Hall–Kier alpha value is -2.38. The lowest BCUT2D eigenvalue weighted by Gasteiger charge is -2.16. The summed E-state index contributed by atoms with van der Waals surface area (Å²) in [7, 11) is -3.61. The molecule has 1 amide bonds. The third-order valence-electron chi connectivity index (χ3n) is 3.96. The maximum absolute atomic E-state index is 12.6. The van der Waals surface area contributed by atoms with Crippen molar-refractivity contribution in [2.24, 2.45) is 0 Å². The minimum absolute atomic E-state index is 0.0607. The molecule has 0 spiro atoms. The van der Waals surface area contributed by atoms with Crippen molar-refractivity contribution in [1.82, 2.24) is 4.31 Å². The third kappa shape index (κ3) is 3.27. The predicted molar refractivity (Wildman–Crippen MR) is 90.5 cm³/mol. The number of aromatic hydroxyl groups is 1. The summed E-state index contributed by atoms with van der Waals surface area (Å²) in [5, 5.41) is 12.5. The van der Waals surface area contributed by atoms with E-state index >= 15 is 0 Å². The maximum Gasteiger partial charge on any atom is 0.255 e. The Balaban J connectivity index is 1.88. The number of hydrogen-bond donors (Lipinski definition) is 2. The molecule has 1 aliphatic rings. The van der Waals surface area contributed by atoms with E-state index in [-0.39, 0.29) is 16.3 Å². The van der Waals surface area contributed by atoms with Crippen molar-refractivity contribution < 1.29 is 18.3 Å². The van der Waals surface area contributed by atoms with Crippen LogP contribution in [0.15, 0.2) is 53.4 Å². The Labute approximate surface area is 140 Å². The molecule has 6 nitrogen and oxygen atoms in total. The summed E-state index contributed by atoms with van der Waals surface area (Å²) in [6.45, 7) is 0.990. The fourth-order valence-corrected chi connectivity index (χ4v) is 4.18. The van der Waals surface area contributed by atoms with Crippen LogP contribution in [0.2, 0.25) is 0 Å². The monoisotopic (exact) mass is 346 g/mol. The first kappa shape index (κ1) is 16.5. The second-order valence-corrected chi connectivity index (χ2v) is 7.55. The van der Waals surface area contributed by atoms with E-state index in [0.29, 0.717) is 18.7 Å². The molecule has 1 fully saturated rings. The molecule has 0 radical (unpaired) electrons. The lowest BCUT2D eigenvalue weighted by molar-refractivity contribution is 0.102. The zero-order valence-electron chi connectivity index (χ0n) is 13.0. The van der Waals surface area contributed by atoms with Gasteiger partial charge in [0, 0.05) is 18.7 Å². The van der Waals surface area contributed by atoms with Crippen LogP contribution in [0.3, 0.4) is 0 Å². The maximum atomic E-state index is 12.6. The lowest BCUT2D eigenvalue weighted by Crippen LogP contribution is -2.28. The van der Waals surface area contributed by atoms with Crippen LogP contribution in [0, 0.1) is 0 Å². The number of amides is 1. The largest absolute Gasteiger partial charge is 0.506 e. The molecular weight excluding hydrogens is 328 g/mol. The van der Waals surface area contributed by atoms with E-state index in [1.165, 1.54) is 22.5 Å². The van der Waals surface area contributed by atoms with Gasteiger partial charge in [0.05, 0.1) is 10.6 Å². The van der Waals surface area contributed by atoms with Gasteiger partial charge in [0.2, 0.25) is 10.0 Å². The molecule has 2 aromatic carbocycles. The Morgan fingerprint density at radius 2 is 1.71 bits per heavy atom. The van der Waals surface area contributed by atoms with E-state index in [0.717, 1.165) is 12.8 Å². The Morgan fingerprint density at radius 3 is 2.38 bits per heavy atom. The molecular formula is C17H18N2O4S. The quantitative estimate of drug-likeness (QED) is 0.833. The number of phenols is 1. The number of nitrogens with zero attached hydrogens (tertiary/aromatic N) is 1. The smallest absolute Gasteiger partial charge is 0.255 e. The first-order chi connectivity index (χ1) is 11.5. The van der Waals surface area contributed by atoms with Crippen molar-refractivity contribution in [3.05, 3.63) is 54.1 Å². The number of hydrogen-bond acceptors (Lipinski definition) is 4. The molecule has 0 aliphatic carbocycles. The molecule has 0 bridgehead atoms. The summed E-state index contributed by atoms with van der Waals surface area (Å²) >= 11 is 0. The molecule has 2 N–H and O–H groups in total. The molecule has 24 heavy (non-hydrogen) atoms. The average molecular weight is 346 g/mol. The van der Waals surface area contributed by atoms with Gasteiger partial charge in [0.1, 0.15) is 5.75 Å². The van der Waals surface area contributed by atoms with Crippen LogP contribution in [-0.4, -0.2) is 36.8 Å². The van der Waals surface area contributed by atoms with Crippen LogP contribution in [0.5, 0.6) is 5.75 Å². The van der Waals surface area contributed by atoms with E-state index in [1.807, 2.05) is 0 Å². The van der Waals surface area contributed by atoms with Gasteiger partial charge in [0.15, 0.2) is 0 Å². The van der Waals surface area contributed by atoms with Crippen molar-refractivity contribution in [1.29, 1.82) is 0 Å². The summed E-state index contributed by atoms with van der Waals surface area (Å²) in [6.07, 6.45) is 1.68. The molecule has 0 unspecified atom stereocenters. The van der Waals surface area contributed by atoms with Gasteiger partial charge in [-0.3, -0.25) is 4.79 Å². The number of anilines is 1. The van der Waals surface area contributed by atoms with E-state index in [2.05, 4.69) is 5.32 Å². The Kier molecular flexibility index (Phi) is 4.55. The van der Waals surface area contributed by atoms with Gasteiger partial charge in [-0.25, -0.2) is 8.42 Å². The first-order valence-electron chi connectivity index (χ1n) is 7.68. The minimum atomic E-state index is -3.61. The van der Waals surface area contributed by atoms with E-state index in [1.54, 1.807) is 30.3 Å². The van der Waals surface area contributed by atoms with Crippen LogP contribution in [0.4, 0.5) is 5.69 Å². The van der Waals surface area contributed by atoms with E-state index in [4.69, 9.17) is 0 Å². The molecule has 0 atom stereocenters. The normalized spacial score (nSPS) is 15.3. The second-order valence-electron chi connectivity index (χ2n) is 5.61.